The lowest BCUT2D eigenvalue weighted by Gasteiger charge is -2.16. The van der Waals surface area contributed by atoms with Gasteiger partial charge in [0.25, 0.3) is 20.3 Å². The van der Waals surface area contributed by atoms with Gasteiger partial charge in [0.2, 0.25) is 11.0 Å². The van der Waals surface area contributed by atoms with Crippen molar-refractivity contribution in [1.29, 1.82) is 0 Å². The molecule has 2 heterocycles. The van der Waals surface area contributed by atoms with E-state index in [9.17, 15) is 18.0 Å². The maximum Gasteiger partial charge on any atom is 0.291 e. The number of aromatic nitrogens is 2. The fourth-order valence-corrected chi connectivity index (χ4v) is 5.11. The molecule has 0 bridgehead atoms. The highest BCUT2D eigenvalue weighted by Crippen LogP contribution is 2.26. The molecule has 11 heteroatoms. The summed E-state index contributed by atoms with van der Waals surface area (Å²) in [4.78, 5) is 25.8. The van der Waals surface area contributed by atoms with Crippen molar-refractivity contribution in [2.24, 2.45) is 0 Å². The minimum absolute atomic E-state index is 0.0578. The SMILES string of the molecule is Cc1cccc(C(=O)Nc2nnc(S(=O)(=O)Nc3ccc(N4CCCC4=O)cc3)s2)c1. The van der Waals surface area contributed by atoms with Crippen LogP contribution < -0.4 is 14.9 Å². The van der Waals surface area contributed by atoms with E-state index < -0.39 is 15.9 Å². The van der Waals surface area contributed by atoms with Crippen LogP contribution in [-0.4, -0.2) is 37.0 Å². The zero-order valence-electron chi connectivity index (χ0n) is 16.5. The van der Waals surface area contributed by atoms with Gasteiger partial charge in [-0.05, 0) is 49.7 Å². The van der Waals surface area contributed by atoms with Crippen LogP contribution in [0.25, 0.3) is 0 Å². The first-order valence-electron chi connectivity index (χ1n) is 9.47. The van der Waals surface area contributed by atoms with Gasteiger partial charge in [-0.25, -0.2) is 0 Å². The lowest BCUT2D eigenvalue weighted by Crippen LogP contribution is -2.23. The third-order valence-corrected chi connectivity index (χ3v) is 7.23. The quantitative estimate of drug-likeness (QED) is 0.549. The number of nitrogens with one attached hydrogen (secondary N) is 2. The molecule has 31 heavy (non-hydrogen) atoms. The summed E-state index contributed by atoms with van der Waals surface area (Å²) in [5.74, 6) is -0.341. The number of hydrogen-bond donors (Lipinski definition) is 2. The molecule has 0 radical (unpaired) electrons. The van der Waals surface area contributed by atoms with Crippen LogP contribution in [0.5, 0.6) is 0 Å². The van der Waals surface area contributed by atoms with Gasteiger partial charge in [0.05, 0.1) is 0 Å². The Hall–Kier alpha value is -3.31. The number of amides is 2. The van der Waals surface area contributed by atoms with E-state index in [0.717, 1.165) is 29.0 Å². The van der Waals surface area contributed by atoms with Gasteiger partial charge in [-0.1, -0.05) is 29.0 Å². The van der Waals surface area contributed by atoms with Crippen LogP contribution in [0, 0.1) is 6.92 Å². The Morgan fingerprint density at radius 2 is 1.90 bits per heavy atom. The second kappa shape index (κ2) is 8.44. The zero-order valence-corrected chi connectivity index (χ0v) is 18.2. The Kier molecular flexibility index (Phi) is 5.70. The molecule has 1 saturated heterocycles. The Labute approximate surface area is 183 Å². The smallest absolute Gasteiger partial charge is 0.291 e. The Morgan fingerprint density at radius 3 is 2.58 bits per heavy atom. The number of anilines is 3. The first-order valence-corrected chi connectivity index (χ1v) is 11.8. The Balaban J connectivity index is 1.44. The van der Waals surface area contributed by atoms with Gasteiger partial charge in [0, 0.05) is 29.9 Å². The van der Waals surface area contributed by atoms with Crippen LogP contribution in [-0.2, 0) is 14.8 Å². The molecule has 3 aromatic rings. The summed E-state index contributed by atoms with van der Waals surface area (Å²) in [7, 11) is -3.98. The van der Waals surface area contributed by atoms with Crippen molar-refractivity contribution < 1.29 is 18.0 Å². The summed E-state index contributed by atoms with van der Waals surface area (Å²) < 4.78 is 27.4. The van der Waals surface area contributed by atoms with E-state index in [1.54, 1.807) is 47.4 Å². The minimum atomic E-state index is -3.98. The van der Waals surface area contributed by atoms with Gasteiger partial charge in [-0.2, -0.15) is 8.42 Å². The normalized spacial score (nSPS) is 14.0. The molecule has 4 rings (SSSR count). The molecular weight excluding hydrogens is 438 g/mol. The maximum atomic E-state index is 12.6. The van der Waals surface area contributed by atoms with Crippen molar-refractivity contribution in [2.75, 3.05) is 21.5 Å². The molecule has 1 aliphatic rings. The van der Waals surface area contributed by atoms with Gasteiger partial charge in [0.15, 0.2) is 0 Å². The van der Waals surface area contributed by atoms with Crippen molar-refractivity contribution >= 4 is 49.7 Å². The fourth-order valence-electron chi connectivity index (χ4n) is 3.15. The molecule has 2 amide bonds. The highest BCUT2D eigenvalue weighted by atomic mass is 32.2. The van der Waals surface area contributed by atoms with E-state index in [2.05, 4.69) is 20.2 Å². The van der Waals surface area contributed by atoms with Crippen LogP contribution in [0.4, 0.5) is 16.5 Å². The van der Waals surface area contributed by atoms with Crippen molar-refractivity contribution in [3.63, 3.8) is 0 Å². The molecule has 1 aliphatic heterocycles. The largest absolute Gasteiger partial charge is 0.312 e. The summed E-state index contributed by atoms with van der Waals surface area (Å²) in [6.45, 7) is 2.53. The number of benzene rings is 2. The second-order valence-corrected chi connectivity index (χ2v) is 9.83. The monoisotopic (exact) mass is 457 g/mol. The fraction of sp³-hybridized carbons (Fsp3) is 0.200. The summed E-state index contributed by atoms with van der Waals surface area (Å²) in [5, 5.41) is 10.1. The van der Waals surface area contributed by atoms with E-state index in [1.807, 2.05) is 13.0 Å². The minimum Gasteiger partial charge on any atom is -0.312 e. The first-order chi connectivity index (χ1) is 14.8. The highest BCUT2D eigenvalue weighted by molar-refractivity contribution is 7.94. The van der Waals surface area contributed by atoms with Crippen molar-refractivity contribution in [2.45, 2.75) is 24.1 Å². The zero-order chi connectivity index (χ0) is 22.0. The molecule has 0 spiro atoms. The lowest BCUT2D eigenvalue weighted by molar-refractivity contribution is -0.117. The molecule has 0 saturated carbocycles. The predicted molar refractivity (Wildman–Crippen MR) is 118 cm³/mol. The van der Waals surface area contributed by atoms with E-state index in [-0.39, 0.29) is 15.4 Å². The molecule has 9 nitrogen and oxygen atoms in total. The highest BCUT2D eigenvalue weighted by Gasteiger charge is 2.23. The number of carbonyl (C=O) groups is 2. The van der Waals surface area contributed by atoms with Gasteiger partial charge in [-0.3, -0.25) is 19.6 Å². The number of rotatable bonds is 6. The Bertz CT molecular complexity index is 1240. The van der Waals surface area contributed by atoms with Gasteiger partial charge >= 0.3 is 0 Å². The molecule has 2 N–H and O–H groups in total. The topological polar surface area (TPSA) is 121 Å². The van der Waals surface area contributed by atoms with Crippen molar-refractivity contribution in [3.05, 3.63) is 59.7 Å². The molecule has 1 aromatic heterocycles. The number of aryl methyl sites for hydroxylation is 1. The number of nitrogens with zero attached hydrogens (tertiary/aromatic N) is 3. The van der Waals surface area contributed by atoms with Gasteiger partial charge < -0.3 is 4.90 Å². The maximum absolute atomic E-state index is 12.6. The molecule has 0 aliphatic carbocycles. The lowest BCUT2D eigenvalue weighted by atomic mass is 10.1. The van der Waals surface area contributed by atoms with Gasteiger partial charge in [0.1, 0.15) is 0 Å². The summed E-state index contributed by atoms with van der Waals surface area (Å²) >= 11 is 0.753. The standard InChI is InChI=1S/C20H19N5O4S2/c1-13-4-2-5-14(12-13)18(27)21-19-22-23-20(30-19)31(28,29)24-15-7-9-16(10-8-15)25-11-3-6-17(25)26/h2,4-5,7-10,12,24H,3,6,11H2,1H3,(H,21,22,27). The van der Waals surface area contributed by atoms with Crippen LogP contribution in [0.2, 0.25) is 0 Å². The summed E-state index contributed by atoms with van der Waals surface area (Å²) in [5.41, 5.74) is 2.42. The summed E-state index contributed by atoms with van der Waals surface area (Å²) in [6.07, 6.45) is 1.33. The molecule has 0 atom stereocenters. The van der Waals surface area contributed by atoms with Crippen LogP contribution >= 0.6 is 11.3 Å². The number of hydrogen-bond acceptors (Lipinski definition) is 7. The van der Waals surface area contributed by atoms with Crippen molar-refractivity contribution in [1.82, 2.24) is 10.2 Å². The average Bonchev–Trinajstić information content (AvgIpc) is 3.38. The second-order valence-electron chi connectivity index (χ2n) is 7.00. The number of sulfonamides is 1. The molecule has 0 unspecified atom stereocenters. The molecule has 1 fully saturated rings. The average molecular weight is 458 g/mol. The third-order valence-electron chi connectivity index (χ3n) is 4.64. The summed E-state index contributed by atoms with van der Waals surface area (Å²) in [6, 6.07) is 13.5. The van der Waals surface area contributed by atoms with E-state index >= 15 is 0 Å². The predicted octanol–water partition coefficient (Wildman–Crippen LogP) is 3.03. The van der Waals surface area contributed by atoms with Crippen LogP contribution in [0.3, 0.4) is 0 Å². The third kappa shape index (κ3) is 4.72. The molecule has 2 aromatic carbocycles. The van der Waals surface area contributed by atoms with Crippen LogP contribution in [0.15, 0.2) is 52.9 Å². The van der Waals surface area contributed by atoms with E-state index in [1.165, 1.54) is 0 Å². The first kappa shape index (κ1) is 20.9. The van der Waals surface area contributed by atoms with E-state index in [0.29, 0.717) is 24.2 Å². The molecule has 160 valence electrons. The number of carbonyl (C=O) groups excluding carboxylic acids is 2. The van der Waals surface area contributed by atoms with E-state index in [4.69, 9.17) is 0 Å². The van der Waals surface area contributed by atoms with Crippen molar-refractivity contribution in [3.8, 4) is 0 Å². The molecular formula is C20H19N5O4S2. The van der Waals surface area contributed by atoms with Crippen LogP contribution in [0.1, 0.15) is 28.8 Å². The van der Waals surface area contributed by atoms with Gasteiger partial charge in [-0.15, -0.1) is 10.2 Å². The Morgan fingerprint density at radius 1 is 1.13 bits per heavy atom.